The molecule has 0 radical (unpaired) electrons. The van der Waals surface area contributed by atoms with E-state index in [1.807, 2.05) is 6.07 Å². The maximum Gasteiger partial charge on any atom is 0.327 e. The number of phenolic OH excluding ortho intramolecular Hbond substituents is 1. The van der Waals surface area contributed by atoms with Crippen molar-refractivity contribution in [3.63, 3.8) is 0 Å². The van der Waals surface area contributed by atoms with Crippen LogP contribution in [0.2, 0.25) is 0 Å². The van der Waals surface area contributed by atoms with Gasteiger partial charge in [-0.15, -0.1) is 0 Å². The normalized spacial score (nSPS) is 28.1. The van der Waals surface area contributed by atoms with Gasteiger partial charge in [0.2, 0.25) is 11.8 Å². The molecule has 0 saturated carbocycles. The summed E-state index contributed by atoms with van der Waals surface area (Å²) in [5, 5.41) is 33.8. The number of carbonyl (C=O) groups excluding carboxylic acids is 2. The number of aryl methyl sites for hydroxylation is 2. The predicted molar refractivity (Wildman–Crippen MR) is 114 cm³/mol. The Labute approximate surface area is 185 Å². The third-order valence-electron chi connectivity index (χ3n) is 6.76. The summed E-state index contributed by atoms with van der Waals surface area (Å²) in [7, 11) is 0. The molecule has 2 aromatic rings. The van der Waals surface area contributed by atoms with E-state index in [0.29, 0.717) is 16.7 Å². The molecular formula is C24H26N2O6. The number of aliphatic carboxylic acids is 1. The molecule has 2 aromatic carbocycles. The summed E-state index contributed by atoms with van der Waals surface area (Å²) in [6.07, 6.45) is -1.44. The van der Waals surface area contributed by atoms with Crippen LogP contribution in [0.4, 0.5) is 0 Å². The topological polar surface area (TPSA) is 127 Å². The van der Waals surface area contributed by atoms with Crippen molar-refractivity contribution in [2.24, 2.45) is 11.8 Å². The second-order valence-electron chi connectivity index (χ2n) is 8.73. The number of aliphatic hydroxyl groups is 1. The quantitative estimate of drug-likeness (QED) is 0.523. The second kappa shape index (κ2) is 7.72. The number of carbonyl (C=O) groups is 3. The number of carboxylic acid groups (broad SMARTS) is 1. The Balaban J connectivity index is 1.83. The number of aliphatic hydroxyl groups excluding tert-OH is 1. The lowest BCUT2D eigenvalue weighted by molar-refractivity contribution is -0.157. The fraction of sp³-hybridized carbons (Fsp3) is 0.375. The maximum absolute atomic E-state index is 13.5. The number of rotatable bonds is 5. The van der Waals surface area contributed by atoms with Crippen molar-refractivity contribution in [1.29, 1.82) is 0 Å². The van der Waals surface area contributed by atoms with Gasteiger partial charge in [0.25, 0.3) is 0 Å². The standard InChI is InChI=1S/C24H26N2O6/c1-12-9-16(10-13(2)20(12)28)19-17-18(24(25-19,14(3)27)23(31)32)22(30)26(21(17)29)11-15-7-5-4-6-8-15/h4-10,14,17-19,25,27-28H,11H2,1-3H3,(H,31,32). The summed E-state index contributed by atoms with van der Waals surface area (Å²) in [4.78, 5) is 40.5. The number of amides is 2. The van der Waals surface area contributed by atoms with E-state index in [1.165, 1.54) is 6.92 Å². The van der Waals surface area contributed by atoms with Crippen LogP contribution in [0.5, 0.6) is 5.75 Å². The molecule has 4 rings (SSSR count). The van der Waals surface area contributed by atoms with E-state index < -0.39 is 47.3 Å². The SMILES string of the molecule is Cc1cc(C2NC(C(=O)O)(C(C)O)C3C(=O)N(Cc4ccccc4)C(=O)C23)cc(C)c1O. The molecule has 5 atom stereocenters. The van der Waals surface area contributed by atoms with E-state index in [1.54, 1.807) is 50.2 Å². The molecule has 0 bridgehead atoms. The minimum absolute atomic E-state index is 0.0291. The molecule has 4 N–H and O–H groups in total. The summed E-state index contributed by atoms with van der Waals surface area (Å²) >= 11 is 0. The Hall–Kier alpha value is -3.23. The van der Waals surface area contributed by atoms with Crippen LogP contribution in [0, 0.1) is 25.7 Å². The van der Waals surface area contributed by atoms with Crippen molar-refractivity contribution in [3.8, 4) is 5.75 Å². The van der Waals surface area contributed by atoms with E-state index >= 15 is 0 Å². The molecule has 2 aliphatic heterocycles. The van der Waals surface area contributed by atoms with E-state index in [2.05, 4.69) is 5.32 Å². The van der Waals surface area contributed by atoms with Gasteiger partial charge in [-0.3, -0.25) is 24.6 Å². The summed E-state index contributed by atoms with van der Waals surface area (Å²) < 4.78 is 0. The summed E-state index contributed by atoms with van der Waals surface area (Å²) in [5.41, 5.74) is 0.447. The zero-order chi connectivity index (χ0) is 23.4. The zero-order valence-electron chi connectivity index (χ0n) is 18.1. The van der Waals surface area contributed by atoms with Gasteiger partial charge in [-0.1, -0.05) is 42.5 Å². The third-order valence-corrected chi connectivity index (χ3v) is 6.76. The highest BCUT2D eigenvalue weighted by Gasteiger charge is 2.70. The summed E-state index contributed by atoms with van der Waals surface area (Å²) in [6, 6.07) is 11.5. The van der Waals surface area contributed by atoms with Gasteiger partial charge >= 0.3 is 5.97 Å². The Bertz CT molecular complexity index is 1080. The van der Waals surface area contributed by atoms with Crippen LogP contribution in [-0.2, 0) is 20.9 Å². The van der Waals surface area contributed by atoms with Crippen LogP contribution in [0.3, 0.4) is 0 Å². The lowest BCUT2D eigenvalue weighted by atomic mass is 9.76. The molecule has 2 fully saturated rings. The monoisotopic (exact) mass is 438 g/mol. The molecular weight excluding hydrogens is 412 g/mol. The molecule has 0 aliphatic carbocycles. The van der Waals surface area contributed by atoms with E-state index in [4.69, 9.17) is 0 Å². The first-order valence-electron chi connectivity index (χ1n) is 10.5. The Morgan fingerprint density at radius 1 is 1.12 bits per heavy atom. The molecule has 32 heavy (non-hydrogen) atoms. The lowest BCUT2D eigenvalue weighted by Crippen LogP contribution is -2.62. The van der Waals surface area contributed by atoms with Crippen LogP contribution in [0.1, 0.15) is 35.2 Å². The van der Waals surface area contributed by atoms with Crippen LogP contribution >= 0.6 is 0 Å². The molecule has 2 aliphatic rings. The number of aromatic hydroxyl groups is 1. The molecule has 2 amide bonds. The Morgan fingerprint density at radius 2 is 1.72 bits per heavy atom. The van der Waals surface area contributed by atoms with Gasteiger partial charge in [0.15, 0.2) is 5.54 Å². The average molecular weight is 438 g/mol. The van der Waals surface area contributed by atoms with Crippen molar-refractivity contribution >= 4 is 17.8 Å². The van der Waals surface area contributed by atoms with E-state index in [9.17, 15) is 29.7 Å². The van der Waals surface area contributed by atoms with Crippen LogP contribution in [0.15, 0.2) is 42.5 Å². The van der Waals surface area contributed by atoms with Crippen molar-refractivity contribution in [1.82, 2.24) is 10.2 Å². The highest BCUT2D eigenvalue weighted by atomic mass is 16.4. The van der Waals surface area contributed by atoms with Gasteiger partial charge in [-0.2, -0.15) is 0 Å². The Kier molecular flexibility index (Phi) is 5.30. The molecule has 8 heteroatoms. The first-order valence-corrected chi connectivity index (χ1v) is 10.5. The molecule has 8 nitrogen and oxygen atoms in total. The maximum atomic E-state index is 13.5. The number of nitrogens with one attached hydrogen (secondary N) is 1. The first-order chi connectivity index (χ1) is 15.1. The van der Waals surface area contributed by atoms with Crippen molar-refractivity contribution < 1.29 is 29.7 Å². The second-order valence-corrected chi connectivity index (χ2v) is 8.73. The fourth-order valence-corrected chi connectivity index (χ4v) is 5.14. The number of nitrogens with zero attached hydrogens (tertiary/aromatic N) is 1. The molecule has 5 unspecified atom stereocenters. The zero-order valence-corrected chi connectivity index (χ0v) is 18.1. The van der Waals surface area contributed by atoms with Gasteiger partial charge in [-0.05, 0) is 43.0 Å². The highest BCUT2D eigenvalue weighted by molar-refractivity contribution is 6.09. The molecule has 2 heterocycles. The Morgan fingerprint density at radius 3 is 2.25 bits per heavy atom. The minimum Gasteiger partial charge on any atom is -0.507 e. The largest absolute Gasteiger partial charge is 0.507 e. The molecule has 0 spiro atoms. The van der Waals surface area contributed by atoms with Gasteiger partial charge in [0, 0.05) is 6.04 Å². The first kappa shape index (κ1) is 22.0. The number of phenols is 1. The summed E-state index contributed by atoms with van der Waals surface area (Å²) in [6.45, 7) is 4.76. The summed E-state index contributed by atoms with van der Waals surface area (Å²) in [5.74, 6) is -4.64. The number of hydrogen-bond donors (Lipinski definition) is 4. The van der Waals surface area contributed by atoms with Gasteiger partial charge < -0.3 is 15.3 Å². The van der Waals surface area contributed by atoms with Gasteiger partial charge in [-0.25, -0.2) is 0 Å². The smallest absolute Gasteiger partial charge is 0.327 e. The van der Waals surface area contributed by atoms with E-state index in [-0.39, 0.29) is 12.3 Å². The van der Waals surface area contributed by atoms with Crippen LogP contribution in [0.25, 0.3) is 0 Å². The van der Waals surface area contributed by atoms with Crippen molar-refractivity contribution in [2.45, 2.75) is 45.0 Å². The number of benzene rings is 2. The minimum atomic E-state index is -2.02. The van der Waals surface area contributed by atoms with Crippen molar-refractivity contribution in [2.75, 3.05) is 0 Å². The van der Waals surface area contributed by atoms with Gasteiger partial charge in [0.1, 0.15) is 5.75 Å². The van der Waals surface area contributed by atoms with Crippen LogP contribution < -0.4 is 5.32 Å². The predicted octanol–water partition coefficient (Wildman–Crippen LogP) is 1.66. The lowest BCUT2D eigenvalue weighted by Gasteiger charge is -2.33. The van der Waals surface area contributed by atoms with Gasteiger partial charge in [0.05, 0.1) is 24.5 Å². The number of carboxylic acids is 1. The van der Waals surface area contributed by atoms with E-state index in [0.717, 1.165) is 10.5 Å². The van der Waals surface area contributed by atoms with Crippen LogP contribution in [-0.4, -0.2) is 49.6 Å². The average Bonchev–Trinajstić information content (AvgIpc) is 3.23. The van der Waals surface area contributed by atoms with Crippen molar-refractivity contribution in [3.05, 3.63) is 64.7 Å². The molecule has 168 valence electrons. The number of imide groups is 1. The fourth-order valence-electron chi connectivity index (χ4n) is 5.14. The number of likely N-dealkylation sites (tertiary alicyclic amines) is 1. The molecule has 0 aromatic heterocycles. The number of fused-ring (bicyclic) bond motifs is 1. The third kappa shape index (κ3) is 3.10. The highest BCUT2D eigenvalue weighted by Crippen LogP contribution is 2.50. The number of hydrogen-bond acceptors (Lipinski definition) is 6. The molecule has 2 saturated heterocycles.